The molecule has 138 valence electrons. The van der Waals surface area contributed by atoms with Gasteiger partial charge in [-0.1, -0.05) is 49.4 Å². The first-order chi connectivity index (χ1) is 12.7. The van der Waals surface area contributed by atoms with Gasteiger partial charge in [0.05, 0.1) is 5.92 Å². The second-order valence-corrected chi connectivity index (χ2v) is 7.00. The van der Waals surface area contributed by atoms with E-state index in [-0.39, 0.29) is 18.1 Å². The normalized spacial score (nSPS) is 20.7. The topological polar surface area (TPSA) is 55.6 Å². The van der Waals surface area contributed by atoms with E-state index in [4.69, 9.17) is 10.5 Å². The summed E-state index contributed by atoms with van der Waals surface area (Å²) in [7, 11) is 0. The van der Waals surface area contributed by atoms with Gasteiger partial charge in [0, 0.05) is 13.1 Å². The van der Waals surface area contributed by atoms with Crippen LogP contribution in [0.15, 0.2) is 54.6 Å². The van der Waals surface area contributed by atoms with Gasteiger partial charge >= 0.3 is 0 Å². The van der Waals surface area contributed by atoms with Gasteiger partial charge in [-0.25, -0.2) is 0 Å². The van der Waals surface area contributed by atoms with Crippen molar-refractivity contribution in [1.82, 2.24) is 4.90 Å². The lowest BCUT2D eigenvalue weighted by Gasteiger charge is -2.39. The minimum atomic E-state index is -0.267. The summed E-state index contributed by atoms with van der Waals surface area (Å²) in [5.74, 6) is 0.275. The monoisotopic (exact) mass is 352 g/mol. The van der Waals surface area contributed by atoms with Crippen LogP contribution >= 0.6 is 0 Å². The Balaban J connectivity index is 1.70. The van der Waals surface area contributed by atoms with Crippen LogP contribution in [0.25, 0.3) is 0 Å². The highest BCUT2D eigenvalue weighted by atomic mass is 16.5. The Hall–Kier alpha value is -2.33. The second kappa shape index (κ2) is 8.86. The molecule has 1 amide bonds. The fraction of sp³-hybridized carbons (Fsp3) is 0.409. The third-order valence-corrected chi connectivity index (χ3v) is 4.97. The highest BCUT2D eigenvalue weighted by molar-refractivity contribution is 5.77. The number of piperidine rings is 1. The summed E-state index contributed by atoms with van der Waals surface area (Å²) in [6.45, 7) is 4.01. The number of hydrogen-bond acceptors (Lipinski definition) is 3. The van der Waals surface area contributed by atoms with Crippen molar-refractivity contribution >= 4 is 5.91 Å². The number of amides is 1. The molecule has 0 aliphatic carbocycles. The summed E-state index contributed by atoms with van der Waals surface area (Å²) >= 11 is 0. The smallest absolute Gasteiger partial charge is 0.225 e. The highest BCUT2D eigenvalue weighted by Gasteiger charge is 2.36. The van der Waals surface area contributed by atoms with Gasteiger partial charge in [-0.05, 0) is 48.9 Å². The third kappa shape index (κ3) is 4.64. The molecular weight excluding hydrogens is 324 g/mol. The number of carbonyl (C=O) groups is 1. The molecule has 1 heterocycles. The van der Waals surface area contributed by atoms with Gasteiger partial charge in [-0.15, -0.1) is 0 Å². The van der Waals surface area contributed by atoms with Crippen LogP contribution < -0.4 is 10.5 Å². The van der Waals surface area contributed by atoms with Crippen LogP contribution in [0.4, 0.5) is 0 Å². The third-order valence-electron chi connectivity index (χ3n) is 4.97. The molecule has 0 aromatic heterocycles. The lowest BCUT2D eigenvalue weighted by Crippen LogP contribution is -2.52. The Bertz CT molecular complexity index is 698. The first-order valence-electron chi connectivity index (χ1n) is 9.50. The van der Waals surface area contributed by atoms with E-state index < -0.39 is 0 Å². The summed E-state index contributed by atoms with van der Waals surface area (Å²) < 4.78 is 6.22. The number of nitrogens with two attached hydrogens (primary N) is 1. The maximum Gasteiger partial charge on any atom is 0.225 e. The molecule has 1 aliphatic heterocycles. The number of ether oxygens (including phenoxy) is 1. The van der Waals surface area contributed by atoms with E-state index in [0.29, 0.717) is 0 Å². The van der Waals surface area contributed by atoms with Crippen LogP contribution in [0.5, 0.6) is 5.75 Å². The molecule has 2 unspecified atom stereocenters. The molecule has 26 heavy (non-hydrogen) atoms. The number of hydrogen-bond donors (Lipinski definition) is 1. The number of likely N-dealkylation sites (tertiary alicyclic amines) is 1. The maximum absolute atomic E-state index is 11.9. The van der Waals surface area contributed by atoms with Crippen molar-refractivity contribution in [3.63, 3.8) is 0 Å². The molecule has 4 nitrogen and oxygen atoms in total. The Morgan fingerprint density at radius 1 is 1.12 bits per heavy atom. The van der Waals surface area contributed by atoms with Gasteiger partial charge in [-0.2, -0.15) is 0 Å². The molecule has 3 rings (SSSR count). The van der Waals surface area contributed by atoms with Gasteiger partial charge in [-0.3, -0.25) is 9.69 Å². The molecule has 2 atom stereocenters. The van der Waals surface area contributed by atoms with Gasteiger partial charge in [0.1, 0.15) is 5.75 Å². The standard InChI is InChI=1S/C22H28N2O2/c1-2-14-24-15-6-9-20(21(23)25)22(24)26-19-12-10-18(11-13-19)16-17-7-4-3-5-8-17/h3-5,7-8,10-13,20,22H,2,6,9,14-16H2,1H3,(H2,23,25). The molecule has 4 heteroatoms. The van der Waals surface area contributed by atoms with E-state index in [2.05, 4.69) is 48.2 Å². The SMILES string of the molecule is CCCN1CCCC(C(N)=O)C1Oc1ccc(Cc2ccccc2)cc1. The van der Waals surface area contributed by atoms with Crippen LogP contribution in [0.3, 0.4) is 0 Å². The molecule has 0 saturated carbocycles. The van der Waals surface area contributed by atoms with Crippen LogP contribution in [0.2, 0.25) is 0 Å². The van der Waals surface area contributed by atoms with E-state index in [1.165, 1.54) is 11.1 Å². The van der Waals surface area contributed by atoms with Gasteiger partial charge in [0.15, 0.2) is 6.23 Å². The van der Waals surface area contributed by atoms with Crippen LogP contribution in [0.1, 0.15) is 37.3 Å². The number of primary amides is 1. The lowest BCUT2D eigenvalue weighted by atomic mass is 9.95. The Morgan fingerprint density at radius 2 is 1.81 bits per heavy atom. The molecular formula is C22H28N2O2. The Labute approximate surface area is 156 Å². The summed E-state index contributed by atoms with van der Waals surface area (Å²) in [6.07, 6.45) is 3.45. The molecule has 2 aromatic rings. The van der Waals surface area contributed by atoms with Crippen molar-refractivity contribution in [1.29, 1.82) is 0 Å². The van der Waals surface area contributed by atoms with E-state index in [0.717, 1.165) is 44.5 Å². The minimum absolute atomic E-state index is 0.251. The van der Waals surface area contributed by atoms with E-state index in [9.17, 15) is 4.79 Å². The Kier molecular flexibility index (Phi) is 6.29. The molecule has 2 N–H and O–H groups in total. The summed E-state index contributed by atoms with van der Waals surface area (Å²) in [4.78, 5) is 14.1. The summed E-state index contributed by atoms with van der Waals surface area (Å²) in [6, 6.07) is 18.6. The predicted molar refractivity (Wildman–Crippen MR) is 104 cm³/mol. The number of nitrogens with zero attached hydrogens (tertiary/aromatic N) is 1. The van der Waals surface area contributed by atoms with E-state index >= 15 is 0 Å². The van der Waals surface area contributed by atoms with E-state index in [1.54, 1.807) is 0 Å². The predicted octanol–water partition coefficient (Wildman–Crippen LogP) is 3.59. The molecule has 1 aliphatic rings. The first kappa shape index (κ1) is 18.5. The zero-order valence-electron chi connectivity index (χ0n) is 15.4. The molecule has 0 bridgehead atoms. The van der Waals surface area contributed by atoms with Crippen molar-refractivity contribution < 1.29 is 9.53 Å². The molecule has 1 fully saturated rings. The van der Waals surface area contributed by atoms with Gasteiger partial charge in [0.2, 0.25) is 5.91 Å². The number of rotatable bonds is 7. The lowest BCUT2D eigenvalue weighted by molar-refractivity contribution is -0.133. The average molecular weight is 352 g/mol. The minimum Gasteiger partial charge on any atom is -0.474 e. The Morgan fingerprint density at radius 3 is 2.46 bits per heavy atom. The summed E-state index contributed by atoms with van der Waals surface area (Å²) in [5, 5.41) is 0. The number of carbonyl (C=O) groups excluding carboxylic acids is 1. The van der Waals surface area contributed by atoms with E-state index in [1.807, 2.05) is 18.2 Å². The highest BCUT2D eigenvalue weighted by Crippen LogP contribution is 2.27. The van der Waals surface area contributed by atoms with Crippen LogP contribution in [0, 0.1) is 5.92 Å². The fourth-order valence-electron chi connectivity index (χ4n) is 3.66. The first-order valence-corrected chi connectivity index (χ1v) is 9.50. The average Bonchev–Trinajstić information content (AvgIpc) is 2.65. The van der Waals surface area contributed by atoms with Gasteiger partial charge < -0.3 is 10.5 Å². The van der Waals surface area contributed by atoms with Crippen molar-refractivity contribution in [2.45, 2.75) is 38.8 Å². The van der Waals surface area contributed by atoms with Crippen LogP contribution in [-0.4, -0.2) is 30.1 Å². The quantitative estimate of drug-likeness (QED) is 0.828. The van der Waals surface area contributed by atoms with Crippen molar-refractivity contribution in [3.05, 3.63) is 65.7 Å². The van der Waals surface area contributed by atoms with Crippen molar-refractivity contribution in [3.8, 4) is 5.75 Å². The second-order valence-electron chi connectivity index (χ2n) is 7.00. The molecule has 0 spiro atoms. The summed E-state index contributed by atoms with van der Waals surface area (Å²) in [5.41, 5.74) is 8.16. The fourth-order valence-corrected chi connectivity index (χ4v) is 3.66. The zero-order chi connectivity index (χ0) is 18.4. The maximum atomic E-state index is 11.9. The van der Waals surface area contributed by atoms with Crippen molar-refractivity contribution in [2.75, 3.05) is 13.1 Å². The molecule has 0 radical (unpaired) electrons. The largest absolute Gasteiger partial charge is 0.474 e. The van der Waals surface area contributed by atoms with Gasteiger partial charge in [0.25, 0.3) is 0 Å². The number of benzene rings is 2. The van der Waals surface area contributed by atoms with Crippen molar-refractivity contribution in [2.24, 2.45) is 11.7 Å². The molecule has 1 saturated heterocycles. The zero-order valence-corrected chi connectivity index (χ0v) is 15.4. The van der Waals surface area contributed by atoms with Crippen LogP contribution in [-0.2, 0) is 11.2 Å². The molecule has 2 aromatic carbocycles.